The Morgan fingerprint density at radius 3 is 2.67 bits per heavy atom. The van der Waals surface area contributed by atoms with Gasteiger partial charge in [0.05, 0.1) is 6.20 Å². The highest BCUT2D eigenvalue weighted by molar-refractivity contribution is 5.39. The molecule has 1 aromatic heterocycles. The Hall–Kier alpha value is -1.90. The largest absolute Gasteiger partial charge is 0.281 e. The van der Waals surface area contributed by atoms with Crippen LogP contribution in [0.25, 0.3) is 5.69 Å². The minimum atomic E-state index is -0.110. The van der Waals surface area contributed by atoms with Crippen molar-refractivity contribution in [2.75, 3.05) is 0 Å². The third-order valence-electron chi connectivity index (χ3n) is 2.49. The zero-order chi connectivity index (χ0) is 10.8. The van der Waals surface area contributed by atoms with E-state index < -0.39 is 0 Å². The molecule has 0 unspecified atom stereocenters. The second kappa shape index (κ2) is 3.69. The van der Waals surface area contributed by atoms with Gasteiger partial charge in [-0.15, -0.1) is 0 Å². The summed E-state index contributed by atoms with van der Waals surface area (Å²) in [5, 5.41) is 0. The van der Waals surface area contributed by atoms with Crippen LogP contribution in [-0.4, -0.2) is 9.55 Å². The van der Waals surface area contributed by atoms with E-state index in [4.69, 9.17) is 0 Å². The highest BCUT2D eigenvalue weighted by Crippen LogP contribution is 2.11. The Bertz CT molecular complexity index is 543. The van der Waals surface area contributed by atoms with Gasteiger partial charge < -0.3 is 0 Å². The van der Waals surface area contributed by atoms with E-state index >= 15 is 0 Å². The standard InChI is InChI=1S/C12H12N2O/c1-9-3-4-11(7-10(9)2)14-6-5-13-8-12(14)15/h3-8H,1-2H3. The fraction of sp³-hybridized carbons (Fsp3) is 0.167. The summed E-state index contributed by atoms with van der Waals surface area (Å²) < 4.78 is 1.58. The summed E-state index contributed by atoms with van der Waals surface area (Å²) >= 11 is 0. The maximum atomic E-state index is 11.5. The van der Waals surface area contributed by atoms with Gasteiger partial charge in [-0.25, -0.2) is 0 Å². The number of hydrogen-bond acceptors (Lipinski definition) is 2. The van der Waals surface area contributed by atoms with Crippen LogP contribution in [0.4, 0.5) is 0 Å². The highest BCUT2D eigenvalue weighted by atomic mass is 16.1. The SMILES string of the molecule is Cc1ccc(-n2ccncc2=O)cc1C. The molecule has 76 valence electrons. The normalized spacial score (nSPS) is 10.3. The van der Waals surface area contributed by atoms with Crippen LogP contribution in [-0.2, 0) is 0 Å². The topological polar surface area (TPSA) is 34.9 Å². The number of benzene rings is 1. The van der Waals surface area contributed by atoms with E-state index in [0.29, 0.717) is 0 Å². The van der Waals surface area contributed by atoms with Crippen molar-refractivity contribution in [1.82, 2.24) is 9.55 Å². The van der Waals surface area contributed by atoms with E-state index in [-0.39, 0.29) is 5.56 Å². The fourth-order valence-electron chi connectivity index (χ4n) is 1.44. The van der Waals surface area contributed by atoms with E-state index in [1.54, 1.807) is 17.0 Å². The molecule has 2 aromatic rings. The first kappa shape index (κ1) is 9.65. The first-order valence-corrected chi connectivity index (χ1v) is 4.79. The molecule has 0 aliphatic heterocycles. The van der Waals surface area contributed by atoms with Crippen molar-refractivity contribution in [2.24, 2.45) is 0 Å². The van der Waals surface area contributed by atoms with Crippen molar-refractivity contribution in [3.63, 3.8) is 0 Å². The van der Waals surface area contributed by atoms with Crippen LogP contribution < -0.4 is 5.56 Å². The molecule has 0 aliphatic carbocycles. The maximum Gasteiger partial charge on any atom is 0.273 e. The molecule has 1 heterocycles. The minimum absolute atomic E-state index is 0.110. The molecule has 0 N–H and O–H groups in total. The van der Waals surface area contributed by atoms with E-state index in [1.807, 2.05) is 25.1 Å². The van der Waals surface area contributed by atoms with Gasteiger partial charge in [0, 0.05) is 18.1 Å². The van der Waals surface area contributed by atoms with Gasteiger partial charge in [-0.3, -0.25) is 14.3 Å². The molecule has 0 fully saturated rings. The molecule has 1 aromatic carbocycles. The van der Waals surface area contributed by atoms with Crippen LogP contribution in [0.2, 0.25) is 0 Å². The van der Waals surface area contributed by atoms with Gasteiger partial charge in [-0.1, -0.05) is 6.07 Å². The third kappa shape index (κ3) is 1.81. The Balaban J connectivity index is 2.60. The molecule has 0 saturated heterocycles. The van der Waals surface area contributed by atoms with Crippen LogP contribution in [0.15, 0.2) is 41.6 Å². The lowest BCUT2D eigenvalue weighted by atomic mass is 10.1. The quantitative estimate of drug-likeness (QED) is 0.704. The van der Waals surface area contributed by atoms with Crippen LogP contribution >= 0.6 is 0 Å². The van der Waals surface area contributed by atoms with Crippen LogP contribution in [0, 0.1) is 13.8 Å². The molecule has 0 bridgehead atoms. The first-order chi connectivity index (χ1) is 7.18. The average Bonchev–Trinajstić information content (AvgIpc) is 2.23. The van der Waals surface area contributed by atoms with E-state index in [2.05, 4.69) is 11.9 Å². The van der Waals surface area contributed by atoms with Crippen LogP contribution in [0.3, 0.4) is 0 Å². The molecular formula is C12H12N2O. The average molecular weight is 200 g/mol. The molecule has 0 aliphatic rings. The first-order valence-electron chi connectivity index (χ1n) is 4.79. The number of nitrogens with zero attached hydrogens (tertiary/aromatic N) is 2. The zero-order valence-electron chi connectivity index (χ0n) is 8.77. The van der Waals surface area contributed by atoms with Crippen molar-refractivity contribution < 1.29 is 0 Å². The van der Waals surface area contributed by atoms with Crippen molar-refractivity contribution in [1.29, 1.82) is 0 Å². The van der Waals surface area contributed by atoms with Crippen molar-refractivity contribution >= 4 is 0 Å². The molecule has 0 radical (unpaired) electrons. The van der Waals surface area contributed by atoms with Gasteiger partial charge >= 0.3 is 0 Å². The molecule has 15 heavy (non-hydrogen) atoms. The lowest BCUT2D eigenvalue weighted by molar-refractivity contribution is 0.953. The minimum Gasteiger partial charge on any atom is -0.281 e. The van der Waals surface area contributed by atoms with Gasteiger partial charge in [-0.2, -0.15) is 0 Å². The molecule has 2 rings (SSSR count). The Kier molecular flexibility index (Phi) is 2.37. The van der Waals surface area contributed by atoms with Crippen molar-refractivity contribution in [3.05, 3.63) is 58.3 Å². The number of aryl methyl sites for hydroxylation is 2. The predicted molar refractivity (Wildman–Crippen MR) is 59.3 cm³/mol. The van der Waals surface area contributed by atoms with Gasteiger partial charge in [0.25, 0.3) is 5.56 Å². The number of rotatable bonds is 1. The molecule has 3 nitrogen and oxygen atoms in total. The van der Waals surface area contributed by atoms with Crippen molar-refractivity contribution in [3.8, 4) is 5.69 Å². The van der Waals surface area contributed by atoms with E-state index in [1.165, 1.54) is 17.3 Å². The van der Waals surface area contributed by atoms with Gasteiger partial charge in [0.1, 0.15) is 0 Å². The second-order valence-electron chi connectivity index (χ2n) is 3.55. The summed E-state index contributed by atoms with van der Waals surface area (Å²) in [5.74, 6) is 0. The fourth-order valence-corrected chi connectivity index (χ4v) is 1.44. The highest BCUT2D eigenvalue weighted by Gasteiger charge is 1.99. The Labute approximate surface area is 88.0 Å². The molecule has 0 amide bonds. The zero-order valence-corrected chi connectivity index (χ0v) is 8.77. The smallest absolute Gasteiger partial charge is 0.273 e. The predicted octanol–water partition coefficient (Wildman–Crippen LogP) is 1.85. The summed E-state index contributed by atoms with van der Waals surface area (Å²) in [4.78, 5) is 15.3. The van der Waals surface area contributed by atoms with Crippen LogP contribution in [0.5, 0.6) is 0 Å². The molecule has 0 atom stereocenters. The molecule has 0 spiro atoms. The monoisotopic (exact) mass is 200 g/mol. The summed E-state index contributed by atoms with van der Waals surface area (Å²) in [6.45, 7) is 4.08. The summed E-state index contributed by atoms with van der Waals surface area (Å²) in [5.41, 5.74) is 3.17. The maximum absolute atomic E-state index is 11.5. The third-order valence-corrected chi connectivity index (χ3v) is 2.49. The van der Waals surface area contributed by atoms with Gasteiger partial charge in [-0.05, 0) is 37.1 Å². The summed E-state index contributed by atoms with van der Waals surface area (Å²) in [6.07, 6.45) is 4.60. The van der Waals surface area contributed by atoms with Gasteiger partial charge in [0.15, 0.2) is 0 Å². The lowest BCUT2D eigenvalue weighted by Crippen LogP contribution is -2.16. The van der Waals surface area contributed by atoms with E-state index in [0.717, 1.165) is 5.69 Å². The molecular weight excluding hydrogens is 188 g/mol. The lowest BCUT2D eigenvalue weighted by Gasteiger charge is -2.07. The molecule has 3 heteroatoms. The molecule has 0 saturated carbocycles. The van der Waals surface area contributed by atoms with Crippen molar-refractivity contribution in [2.45, 2.75) is 13.8 Å². The summed E-state index contributed by atoms with van der Waals surface area (Å²) in [6, 6.07) is 5.94. The van der Waals surface area contributed by atoms with Gasteiger partial charge in [0.2, 0.25) is 0 Å². The van der Waals surface area contributed by atoms with E-state index in [9.17, 15) is 4.79 Å². The number of hydrogen-bond donors (Lipinski definition) is 0. The van der Waals surface area contributed by atoms with Crippen LogP contribution in [0.1, 0.15) is 11.1 Å². The Morgan fingerprint density at radius 1 is 1.20 bits per heavy atom. The number of aromatic nitrogens is 2. The second-order valence-corrected chi connectivity index (χ2v) is 3.55. The summed E-state index contributed by atoms with van der Waals surface area (Å²) in [7, 11) is 0. The Morgan fingerprint density at radius 2 is 2.00 bits per heavy atom.